The van der Waals surface area contributed by atoms with Crippen LogP contribution in [0, 0.1) is 0 Å². The molecule has 0 saturated carbocycles. The van der Waals surface area contributed by atoms with Gasteiger partial charge in [-0.15, -0.1) is 0 Å². The van der Waals surface area contributed by atoms with Gasteiger partial charge in [-0.1, -0.05) is 40.9 Å². The molecule has 3 rings (SSSR count). The van der Waals surface area contributed by atoms with Crippen molar-refractivity contribution in [3.05, 3.63) is 34.3 Å². The Kier molecular flexibility index (Phi) is 5.13. The van der Waals surface area contributed by atoms with E-state index in [0.29, 0.717) is 18.7 Å². The topological polar surface area (TPSA) is 69.7 Å². The van der Waals surface area contributed by atoms with Gasteiger partial charge in [-0.3, -0.25) is 14.5 Å². The highest BCUT2D eigenvalue weighted by Gasteiger charge is 2.49. The summed E-state index contributed by atoms with van der Waals surface area (Å²) in [5.41, 5.74) is -0.449. The summed E-state index contributed by atoms with van der Waals surface area (Å²) >= 11 is 3.36. The predicted molar refractivity (Wildman–Crippen MR) is 96.8 cm³/mol. The Hall–Kier alpha value is -1.89. The van der Waals surface area contributed by atoms with Gasteiger partial charge in [-0.25, -0.2) is 4.79 Å². The number of carbonyl (C=O) groups is 3. The molecule has 1 aromatic carbocycles. The Balaban J connectivity index is 1.74. The third-order valence-electron chi connectivity index (χ3n) is 4.95. The maximum Gasteiger partial charge on any atom is 0.325 e. The summed E-state index contributed by atoms with van der Waals surface area (Å²) in [5.74, 6) is -0.548. The fourth-order valence-corrected chi connectivity index (χ4v) is 3.64. The molecule has 2 fully saturated rings. The van der Waals surface area contributed by atoms with Crippen molar-refractivity contribution in [1.29, 1.82) is 0 Å². The largest absolute Gasteiger partial charge is 0.341 e. The van der Waals surface area contributed by atoms with Gasteiger partial charge >= 0.3 is 6.03 Å². The summed E-state index contributed by atoms with van der Waals surface area (Å²) in [6.45, 7) is 2.88. The molecule has 0 spiro atoms. The second-order valence-corrected chi connectivity index (χ2v) is 7.66. The number of carbonyl (C=O) groups excluding carboxylic acids is 3. The van der Waals surface area contributed by atoms with Crippen molar-refractivity contribution < 1.29 is 14.4 Å². The first-order valence-electron chi connectivity index (χ1n) is 8.60. The van der Waals surface area contributed by atoms with Crippen LogP contribution in [-0.4, -0.2) is 47.3 Å². The number of nitrogens with one attached hydrogen (secondary N) is 1. The molecule has 2 saturated heterocycles. The molecule has 2 heterocycles. The van der Waals surface area contributed by atoms with Gasteiger partial charge in [0.2, 0.25) is 5.91 Å². The number of hydrogen-bond donors (Lipinski definition) is 1. The van der Waals surface area contributed by atoms with Gasteiger partial charge in [-0.2, -0.15) is 0 Å². The molecule has 2 aliphatic heterocycles. The zero-order valence-electron chi connectivity index (χ0n) is 14.3. The van der Waals surface area contributed by atoms with Gasteiger partial charge in [0.05, 0.1) is 0 Å². The lowest BCUT2D eigenvalue weighted by Crippen LogP contribution is -2.44. The molecule has 1 N–H and O–H groups in total. The number of rotatable bonds is 3. The Morgan fingerprint density at radius 3 is 2.32 bits per heavy atom. The maximum absolute atomic E-state index is 12.9. The fraction of sp³-hybridized carbons (Fsp3) is 0.500. The van der Waals surface area contributed by atoms with Crippen molar-refractivity contribution in [3.8, 4) is 0 Å². The predicted octanol–water partition coefficient (Wildman–Crippen LogP) is 2.62. The molecule has 25 heavy (non-hydrogen) atoms. The van der Waals surface area contributed by atoms with E-state index >= 15 is 0 Å². The average molecular weight is 408 g/mol. The first kappa shape index (κ1) is 17.9. The fourth-order valence-electron chi connectivity index (χ4n) is 3.37. The Bertz CT molecular complexity index is 683. The first-order valence-corrected chi connectivity index (χ1v) is 9.39. The van der Waals surface area contributed by atoms with Crippen LogP contribution in [0.4, 0.5) is 4.79 Å². The summed E-state index contributed by atoms with van der Waals surface area (Å²) in [7, 11) is 0. The summed E-state index contributed by atoms with van der Waals surface area (Å²) in [6, 6.07) is 6.72. The normalized spacial score (nSPS) is 24.2. The maximum atomic E-state index is 12.9. The zero-order valence-corrected chi connectivity index (χ0v) is 15.8. The quantitative estimate of drug-likeness (QED) is 0.782. The standard InChI is InChI=1S/C18H22BrN3O3/c1-18(13-6-8-14(19)9-7-13)16(24)22(17(25)20-18)12-15(23)21-10-4-2-3-5-11-21/h6-9H,2-5,10-12H2,1H3,(H,20,25)/t18-/m1/s1. The SMILES string of the molecule is C[C@]1(c2ccc(Br)cc2)NC(=O)N(CC(=O)N2CCCCCC2)C1=O. The van der Waals surface area contributed by atoms with Crippen LogP contribution in [0.3, 0.4) is 0 Å². The highest BCUT2D eigenvalue weighted by Crippen LogP contribution is 2.29. The molecular formula is C18H22BrN3O3. The van der Waals surface area contributed by atoms with Gasteiger partial charge in [-0.05, 0) is 37.5 Å². The summed E-state index contributed by atoms with van der Waals surface area (Å²) in [6.07, 6.45) is 4.19. The summed E-state index contributed by atoms with van der Waals surface area (Å²) in [5, 5.41) is 2.74. The average Bonchev–Trinajstić information content (AvgIpc) is 2.81. The van der Waals surface area contributed by atoms with E-state index in [-0.39, 0.29) is 18.4 Å². The minimum Gasteiger partial charge on any atom is -0.341 e. The van der Waals surface area contributed by atoms with Crippen molar-refractivity contribution in [2.45, 2.75) is 38.1 Å². The number of hydrogen-bond acceptors (Lipinski definition) is 3. The van der Waals surface area contributed by atoms with Gasteiger partial charge in [0.25, 0.3) is 5.91 Å². The molecule has 6 nitrogen and oxygen atoms in total. The molecule has 1 aromatic rings. The van der Waals surface area contributed by atoms with Crippen LogP contribution in [0.1, 0.15) is 38.2 Å². The van der Waals surface area contributed by atoms with Crippen LogP contribution in [0.5, 0.6) is 0 Å². The van der Waals surface area contributed by atoms with E-state index < -0.39 is 11.6 Å². The first-order chi connectivity index (χ1) is 11.9. The summed E-state index contributed by atoms with van der Waals surface area (Å²) < 4.78 is 0.893. The van der Waals surface area contributed by atoms with Crippen molar-refractivity contribution >= 4 is 33.8 Å². The number of amides is 4. The van der Waals surface area contributed by atoms with E-state index in [0.717, 1.165) is 35.1 Å². The molecule has 7 heteroatoms. The molecular weight excluding hydrogens is 386 g/mol. The molecule has 1 atom stereocenters. The van der Waals surface area contributed by atoms with E-state index in [1.165, 1.54) is 0 Å². The molecule has 2 aliphatic rings. The number of likely N-dealkylation sites (tertiary alicyclic amines) is 1. The van der Waals surface area contributed by atoms with Gasteiger partial charge in [0, 0.05) is 17.6 Å². The molecule has 0 unspecified atom stereocenters. The van der Waals surface area contributed by atoms with Crippen LogP contribution >= 0.6 is 15.9 Å². The number of halogens is 1. The monoisotopic (exact) mass is 407 g/mol. The molecule has 0 aromatic heterocycles. The van der Waals surface area contributed by atoms with Crippen LogP contribution in [-0.2, 0) is 15.1 Å². The van der Waals surface area contributed by atoms with Crippen molar-refractivity contribution in [1.82, 2.24) is 15.1 Å². The Labute approximate surface area is 155 Å². The highest BCUT2D eigenvalue weighted by molar-refractivity contribution is 9.10. The van der Waals surface area contributed by atoms with Crippen molar-refractivity contribution in [2.24, 2.45) is 0 Å². The highest BCUT2D eigenvalue weighted by atomic mass is 79.9. The van der Waals surface area contributed by atoms with E-state index in [4.69, 9.17) is 0 Å². The zero-order chi connectivity index (χ0) is 18.0. The van der Waals surface area contributed by atoms with Crippen LogP contribution < -0.4 is 5.32 Å². The molecule has 4 amide bonds. The number of benzene rings is 1. The minimum absolute atomic E-state index is 0.162. The van der Waals surface area contributed by atoms with Gasteiger partial charge in [0.1, 0.15) is 12.1 Å². The number of urea groups is 1. The lowest BCUT2D eigenvalue weighted by Gasteiger charge is -2.24. The van der Waals surface area contributed by atoms with Crippen LogP contribution in [0.25, 0.3) is 0 Å². The van der Waals surface area contributed by atoms with E-state index in [1.807, 2.05) is 12.1 Å². The van der Waals surface area contributed by atoms with Crippen LogP contribution in [0.2, 0.25) is 0 Å². The van der Waals surface area contributed by atoms with Crippen molar-refractivity contribution in [2.75, 3.05) is 19.6 Å². The second kappa shape index (κ2) is 7.15. The molecule has 0 radical (unpaired) electrons. The molecule has 0 aliphatic carbocycles. The smallest absolute Gasteiger partial charge is 0.325 e. The van der Waals surface area contributed by atoms with Gasteiger partial charge < -0.3 is 10.2 Å². The third kappa shape index (κ3) is 3.56. The second-order valence-electron chi connectivity index (χ2n) is 6.75. The third-order valence-corrected chi connectivity index (χ3v) is 5.48. The van der Waals surface area contributed by atoms with E-state index in [1.54, 1.807) is 24.0 Å². The Morgan fingerprint density at radius 1 is 1.12 bits per heavy atom. The van der Waals surface area contributed by atoms with E-state index in [2.05, 4.69) is 21.2 Å². The van der Waals surface area contributed by atoms with Crippen LogP contribution in [0.15, 0.2) is 28.7 Å². The van der Waals surface area contributed by atoms with Crippen molar-refractivity contribution in [3.63, 3.8) is 0 Å². The molecule has 134 valence electrons. The number of imide groups is 1. The molecule has 0 bridgehead atoms. The summed E-state index contributed by atoms with van der Waals surface area (Å²) in [4.78, 5) is 40.5. The number of nitrogens with zero attached hydrogens (tertiary/aromatic N) is 2. The van der Waals surface area contributed by atoms with Gasteiger partial charge in [0.15, 0.2) is 0 Å². The lowest BCUT2D eigenvalue weighted by molar-refractivity contribution is -0.138. The lowest BCUT2D eigenvalue weighted by atomic mass is 9.92. The minimum atomic E-state index is -1.14. The Morgan fingerprint density at radius 2 is 1.72 bits per heavy atom. The van der Waals surface area contributed by atoms with E-state index in [9.17, 15) is 14.4 Å².